The van der Waals surface area contributed by atoms with Gasteiger partial charge in [-0.1, -0.05) is 18.2 Å². The first-order chi connectivity index (χ1) is 13.1. The van der Waals surface area contributed by atoms with Gasteiger partial charge in [0.05, 0.1) is 12.1 Å². The summed E-state index contributed by atoms with van der Waals surface area (Å²) >= 11 is 5.29. The van der Waals surface area contributed by atoms with E-state index in [-0.39, 0.29) is 30.4 Å². The van der Waals surface area contributed by atoms with Crippen molar-refractivity contribution in [1.29, 1.82) is 0 Å². The van der Waals surface area contributed by atoms with Crippen molar-refractivity contribution in [2.24, 2.45) is 5.92 Å². The van der Waals surface area contributed by atoms with Gasteiger partial charge in [-0.2, -0.15) is 0 Å². The molecule has 2 aromatic rings. The molecule has 1 aromatic heterocycles. The van der Waals surface area contributed by atoms with Crippen LogP contribution in [0, 0.1) is 5.92 Å². The third kappa shape index (κ3) is 3.68. The van der Waals surface area contributed by atoms with Crippen LogP contribution in [0.15, 0.2) is 30.5 Å². The number of benzene rings is 1. The second kappa shape index (κ2) is 7.66. The molecule has 8 heteroatoms. The fraction of sp³-hybridized carbons (Fsp3) is 0.421. The summed E-state index contributed by atoms with van der Waals surface area (Å²) in [5.74, 6) is -0.429. The number of carbonyl (C=O) groups excluding carboxylic acids is 2. The molecule has 2 atom stereocenters. The van der Waals surface area contributed by atoms with Crippen molar-refractivity contribution < 1.29 is 9.59 Å². The normalized spacial score (nSPS) is 22.4. The summed E-state index contributed by atoms with van der Waals surface area (Å²) in [4.78, 5) is 29.7. The minimum Gasteiger partial charge on any atom is -0.361 e. The Hall–Kier alpha value is -2.45. The average molecular weight is 385 g/mol. The third-order valence-corrected chi connectivity index (χ3v) is 5.60. The maximum Gasteiger partial charge on any atom is 0.240 e. The monoisotopic (exact) mass is 385 g/mol. The standard InChI is InChI=1S/C19H23N5O2S/c25-16(20-9-7-12-10-22-15-6-2-1-4-13(12)15)11-24-18(26)14-5-3-8-21-17(14)23-19(24)27/h1-2,4,6,10,14,17,21-22H,3,5,7-9,11H2,(H,20,25)(H,23,27). The predicted octanol–water partition coefficient (Wildman–Crippen LogP) is 0.869. The maximum absolute atomic E-state index is 12.7. The molecule has 2 unspecified atom stereocenters. The first-order valence-electron chi connectivity index (χ1n) is 9.30. The van der Waals surface area contributed by atoms with Gasteiger partial charge in [0.25, 0.3) is 0 Å². The molecule has 0 aliphatic carbocycles. The lowest BCUT2D eigenvalue weighted by atomic mass is 9.93. The summed E-state index contributed by atoms with van der Waals surface area (Å²) in [6.45, 7) is 1.34. The van der Waals surface area contributed by atoms with E-state index in [1.807, 2.05) is 24.4 Å². The number of H-pyrrole nitrogens is 1. The molecule has 2 aliphatic rings. The number of para-hydroxylation sites is 1. The third-order valence-electron chi connectivity index (χ3n) is 5.26. The minimum atomic E-state index is -0.199. The van der Waals surface area contributed by atoms with Crippen molar-refractivity contribution in [1.82, 2.24) is 25.8 Å². The molecule has 2 saturated heterocycles. The van der Waals surface area contributed by atoms with Gasteiger partial charge >= 0.3 is 0 Å². The van der Waals surface area contributed by atoms with Crippen LogP contribution in [0.5, 0.6) is 0 Å². The van der Waals surface area contributed by atoms with E-state index in [9.17, 15) is 9.59 Å². The lowest BCUT2D eigenvalue weighted by Gasteiger charge is -2.41. The molecule has 3 heterocycles. The fourth-order valence-corrected chi connectivity index (χ4v) is 4.12. The van der Waals surface area contributed by atoms with Gasteiger partial charge in [-0.15, -0.1) is 0 Å². The van der Waals surface area contributed by atoms with Crippen LogP contribution < -0.4 is 16.0 Å². The second-order valence-electron chi connectivity index (χ2n) is 7.01. The van der Waals surface area contributed by atoms with Gasteiger partial charge in [0.2, 0.25) is 11.8 Å². The first-order valence-corrected chi connectivity index (χ1v) is 9.71. The Morgan fingerprint density at radius 3 is 3.07 bits per heavy atom. The molecule has 2 aliphatic heterocycles. The van der Waals surface area contributed by atoms with Gasteiger partial charge in [0, 0.05) is 23.6 Å². The molecule has 2 amide bonds. The molecule has 0 saturated carbocycles. The quantitative estimate of drug-likeness (QED) is 0.574. The summed E-state index contributed by atoms with van der Waals surface area (Å²) in [5.41, 5.74) is 2.25. The summed E-state index contributed by atoms with van der Waals surface area (Å²) in [6.07, 6.45) is 4.35. The Bertz CT molecular complexity index is 880. The SMILES string of the molecule is O=C(CN1C(=O)C2CCCNC2NC1=S)NCCc1c[nH]c2ccccc12. The Balaban J connectivity index is 1.31. The van der Waals surface area contributed by atoms with E-state index < -0.39 is 0 Å². The topological polar surface area (TPSA) is 89.3 Å². The zero-order valence-electron chi connectivity index (χ0n) is 15.0. The number of carbonyl (C=O) groups is 2. The molecule has 0 spiro atoms. The first kappa shape index (κ1) is 17.9. The highest BCUT2D eigenvalue weighted by Gasteiger charge is 2.40. The molecule has 2 fully saturated rings. The number of nitrogens with one attached hydrogen (secondary N) is 4. The number of aromatic nitrogens is 1. The van der Waals surface area contributed by atoms with Crippen LogP contribution in [-0.2, 0) is 16.0 Å². The summed E-state index contributed by atoms with van der Waals surface area (Å²) < 4.78 is 0. The Kier molecular flexibility index (Phi) is 5.09. The molecule has 0 radical (unpaired) electrons. The number of piperidine rings is 1. The number of aromatic amines is 1. The summed E-state index contributed by atoms with van der Waals surface area (Å²) in [6, 6.07) is 8.08. The highest BCUT2D eigenvalue weighted by molar-refractivity contribution is 7.80. The Labute approximate surface area is 162 Å². The van der Waals surface area contributed by atoms with Gasteiger partial charge in [-0.05, 0) is 49.7 Å². The van der Waals surface area contributed by atoms with Crippen LogP contribution in [0.25, 0.3) is 10.9 Å². The molecule has 7 nitrogen and oxygen atoms in total. The van der Waals surface area contributed by atoms with Crippen LogP contribution in [0.3, 0.4) is 0 Å². The van der Waals surface area contributed by atoms with Crippen molar-refractivity contribution in [3.05, 3.63) is 36.0 Å². The van der Waals surface area contributed by atoms with Crippen LogP contribution >= 0.6 is 12.2 Å². The van der Waals surface area contributed by atoms with Gasteiger partial charge in [-0.3, -0.25) is 19.8 Å². The van der Waals surface area contributed by atoms with Gasteiger partial charge in [-0.25, -0.2) is 0 Å². The molecular weight excluding hydrogens is 362 g/mol. The fourth-order valence-electron chi connectivity index (χ4n) is 3.84. The minimum absolute atomic E-state index is 0.0399. The smallest absolute Gasteiger partial charge is 0.240 e. The summed E-state index contributed by atoms with van der Waals surface area (Å²) in [7, 11) is 0. The van der Waals surface area contributed by atoms with Crippen LogP contribution in [0.2, 0.25) is 0 Å². The van der Waals surface area contributed by atoms with Crippen molar-refractivity contribution >= 4 is 40.0 Å². The van der Waals surface area contributed by atoms with Crippen LogP contribution in [0.1, 0.15) is 18.4 Å². The van der Waals surface area contributed by atoms with Crippen molar-refractivity contribution in [3.8, 4) is 0 Å². The highest BCUT2D eigenvalue weighted by atomic mass is 32.1. The van der Waals surface area contributed by atoms with E-state index in [2.05, 4.69) is 27.0 Å². The molecule has 27 heavy (non-hydrogen) atoms. The predicted molar refractivity (Wildman–Crippen MR) is 107 cm³/mol. The average Bonchev–Trinajstić information content (AvgIpc) is 3.08. The zero-order valence-corrected chi connectivity index (χ0v) is 15.8. The van der Waals surface area contributed by atoms with Crippen molar-refractivity contribution in [2.45, 2.75) is 25.4 Å². The van der Waals surface area contributed by atoms with Gasteiger partial charge < -0.3 is 15.6 Å². The zero-order chi connectivity index (χ0) is 18.8. The Morgan fingerprint density at radius 1 is 1.33 bits per heavy atom. The number of nitrogens with zero attached hydrogens (tertiary/aromatic N) is 1. The number of rotatable bonds is 5. The number of thiocarbonyl (C=S) groups is 1. The van der Waals surface area contributed by atoms with Gasteiger partial charge in [0.15, 0.2) is 5.11 Å². The molecule has 1 aromatic carbocycles. The van der Waals surface area contributed by atoms with E-state index in [4.69, 9.17) is 12.2 Å². The molecular formula is C19H23N5O2S. The maximum atomic E-state index is 12.7. The summed E-state index contributed by atoms with van der Waals surface area (Å²) in [5, 5.41) is 10.8. The van der Waals surface area contributed by atoms with Crippen molar-refractivity contribution in [2.75, 3.05) is 19.6 Å². The molecule has 4 rings (SSSR count). The highest BCUT2D eigenvalue weighted by Crippen LogP contribution is 2.22. The number of amides is 2. The van der Waals surface area contributed by atoms with E-state index in [0.717, 1.165) is 36.9 Å². The van der Waals surface area contributed by atoms with Crippen LogP contribution in [0.4, 0.5) is 0 Å². The Morgan fingerprint density at radius 2 is 2.19 bits per heavy atom. The number of hydrogen-bond donors (Lipinski definition) is 4. The number of hydrogen-bond acceptors (Lipinski definition) is 4. The van der Waals surface area contributed by atoms with Gasteiger partial charge in [0.1, 0.15) is 6.54 Å². The molecule has 0 bridgehead atoms. The van der Waals surface area contributed by atoms with E-state index >= 15 is 0 Å². The second-order valence-corrected chi connectivity index (χ2v) is 7.40. The van der Waals surface area contributed by atoms with E-state index in [1.54, 1.807) is 0 Å². The van der Waals surface area contributed by atoms with Crippen LogP contribution in [-0.4, -0.2) is 52.6 Å². The van der Waals surface area contributed by atoms with E-state index in [0.29, 0.717) is 11.7 Å². The lowest BCUT2D eigenvalue weighted by molar-refractivity contribution is -0.138. The largest absolute Gasteiger partial charge is 0.361 e. The molecule has 4 N–H and O–H groups in total. The van der Waals surface area contributed by atoms with Crippen molar-refractivity contribution in [3.63, 3.8) is 0 Å². The lowest BCUT2D eigenvalue weighted by Crippen LogP contribution is -2.66. The van der Waals surface area contributed by atoms with E-state index in [1.165, 1.54) is 10.3 Å². The molecule has 142 valence electrons. The number of fused-ring (bicyclic) bond motifs is 2.